The third-order valence-corrected chi connectivity index (χ3v) is 3.79. The molecule has 0 aromatic carbocycles. The molecule has 2 aromatic rings. The highest BCUT2D eigenvalue weighted by molar-refractivity contribution is 7.16. The Labute approximate surface area is 119 Å². The Kier molecular flexibility index (Phi) is 4.60. The van der Waals surface area contributed by atoms with E-state index in [0.29, 0.717) is 6.54 Å². The van der Waals surface area contributed by atoms with Crippen LogP contribution in [0, 0.1) is 0 Å². The van der Waals surface area contributed by atoms with Crippen LogP contribution in [0.3, 0.4) is 0 Å². The Balaban J connectivity index is 2.01. The highest BCUT2D eigenvalue weighted by Gasteiger charge is 2.15. The minimum atomic E-state index is -0.424. The first kappa shape index (κ1) is 14.1. The summed E-state index contributed by atoms with van der Waals surface area (Å²) in [7, 11) is 1.96. The van der Waals surface area contributed by atoms with E-state index in [2.05, 4.69) is 10.3 Å². The van der Waals surface area contributed by atoms with Crippen LogP contribution < -0.4 is 11.3 Å². The molecule has 102 valence electrons. The maximum Gasteiger partial charge on any atom is 0.301 e. The van der Waals surface area contributed by atoms with Crippen molar-refractivity contribution in [2.75, 3.05) is 7.05 Å². The highest BCUT2D eigenvalue weighted by atomic mass is 35.5. The number of amides is 1. The number of hydrogen-bond donors (Lipinski definition) is 2. The zero-order chi connectivity index (χ0) is 13.8. The SMILES string of the molecule is CN(Cc1ccc(Cl)s1)Cc1ccoc1C(=O)NN. The van der Waals surface area contributed by atoms with Crippen molar-refractivity contribution in [3.05, 3.63) is 45.0 Å². The number of nitrogens with two attached hydrogens (primary N) is 1. The maximum absolute atomic E-state index is 11.5. The normalized spacial score (nSPS) is 10.9. The van der Waals surface area contributed by atoms with Crippen molar-refractivity contribution in [1.29, 1.82) is 0 Å². The molecule has 0 aliphatic rings. The van der Waals surface area contributed by atoms with E-state index in [9.17, 15) is 4.79 Å². The molecule has 0 bridgehead atoms. The van der Waals surface area contributed by atoms with E-state index in [1.165, 1.54) is 11.1 Å². The van der Waals surface area contributed by atoms with E-state index in [1.54, 1.807) is 17.4 Å². The molecular formula is C12H14ClN3O2S. The number of thiophene rings is 1. The molecule has 19 heavy (non-hydrogen) atoms. The van der Waals surface area contributed by atoms with Gasteiger partial charge in [0, 0.05) is 23.5 Å². The van der Waals surface area contributed by atoms with Crippen LogP contribution >= 0.6 is 22.9 Å². The number of carbonyl (C=O) groups is 1. The molecule has 0 fully saturated rings. The molecule has 7 heteroatoms. The van der Waals surface area contributed by atoms with Gasteiger partial charge < -0.3 is 4.42 Å². The Hall–Kier alpha value is -1.34. The molecule has 2 aromatic heterocycles. The molecular weight excluding hydrogens is 286 g/mol. The van der Waals surface area contributed by atoms with Crippen LogP contribution in [0.5, 0.6) is 0 Å². The average molecular weight is 300 g/mol. The average Bonchev–Trinajstić information content (AvgIpc) is 2.97. The van der Waals surface area contributed by atoms with Crippen LogP contribution in [0.15, 0.2) is 28.9 Å². The summed E-state index contributed by atoms with van der Waals surface area (Å²) in [4.78, 5) is 14.7. The first-order valence-electron chi connectivity index (χ1n) is 5.60. The number of halogens is 1. The molecule has 0 atom stereocenters. The third kappa shape index (κ3) is 3.57. The Morgan fingerprint density at radius 2 is 2.26 bits per heavy atom. The van der Waals surface area contributed by atoms with Crippen molar-refractivity contribution >= 4 is 28.8 Å². The first-order chi connectivity index (χ1) is 9.10. The molecule has 1 amide bonds. The lowest BCUT2D eigenvalue weighted by Crippen LogP contribution is -2.31. The predicted octanol–water partition coefficient (Wildman–Crippen LogP) is 2.23. The van der Waals surface area contributed by atoms with Gasteiger partial charge in [0.05, 0.1) is 10.6 Å². The van der Waals surface area contributed by atoms with Gasteiger partial charge in [-0.15, -0.1) is 11.3 Å². The molecule has 0 spiro atoms. The second-order valence-corrected chi connectivity index (χ2v) is 5.93. The van der Waals surface area contributed by atoms with Gasteiger partial charge in [0.15, 0.2) is 5.76 Å². The van der Waals surface area contributed by atoms with E-state index in [4.69, 9.17) is 21.9 Å². The fourth-order valence-corrected chi connectivity index (χ4v) is 2.94. The molecule has 2 rings (SSSR count). The fourth-order valence-electron chi connectivity index (χ4n) is 1.77. The summed E-state index contributed by atoms with van der Waals surface area (Å²) in [6.07, 6.45) is 1.48. The van der Waals surface area contributed by atoms with E-state index >= 15 is 0 Å². The largest absolute Gasteiger partial charge is 0.459 e. The molecule has 0 aliphatic carbocycles. The predicted molar refractivity (Wildman–Crippen MR) is 74.9 cm³/mol. The topological polar surface area (TPSA) is 71.5 Å². The van der Waals surface area contributed by atoms with Gasteiger partial charge in [-0.1, -0.05) is 11.6 Å². The Bertz CT molecular complexity index is 567. The molecule has 0 aliphatic heterocycles. The summed E-state index contributed by atoms with van der Waals surface area (Å²) in [5.41, 5.74) is 2.87. The van der Waals surface area contributed by atoms with Crippen LogP contribution in [-0.4, -0.2) is 17.9 Å². The van der Waals surface area contributed by atoms with E-state index in [1.807, 2.05) is 19.2 Å². The molecule has 3 N–H and O–H groups in total. The van der Waals surface area contributed by atoms with Gasteiger partial charge in [0.1, 0.15) is 0 Å². The number of hydrogen-bond acceptors (Lipinski definition) is 5. The van der Waals surface area contributed by atoms with Gasteiger partial charge in [-0.25, -0.2) is 5.84 Å². The standard InChI is InChI=1S/C12H14ClN3O2S/c1-16(7-9-2-3-10(13)19-9)6-8-4-5-18-11(8)12(17)15-14/h2-5H,6-7,14H2,1H3,(H,15,17). The van der Waals surface area contributed by atoms with Crippen molar-refractivity contribution in [3.63, 3.8) is 0 Å². The van der Waals surface area contributed by atoms with Crippen LogP contribution in [0.4, 0.5) is 0 Å². The number of nitrogen functional groups attached to an aromatic ring is 1. The van der Waals surface area contributed by atoms with Crippen LogP contribution in [0.25, 0.3) is 0 Å². The maximum atomic E-state index is 11.5. The number of nitrogens with zero attached hydrogens (tertiary/aromatic N) is 1. The Morgan fingerprint density at radius 3 is 2.89 bits per heavy atom. The fraction of sp³-hybridized carbons (Fsp3) is 0.250. The zero-order valence-electron chi connectivity index (χ0n) is 10.4. The van der Waals surface area contributed by atoms with Crippen molar-refractivity contribution in [2.24, 2.45) is 5.84 Å². The smallest absolute Gasteiger partial charge is 0.301 e. The van der Waals surface area contributed by atoms with Crippen molar-refractivity contribution in [1.82, 2.24) is 10.3 Å². The van der Waals surface area contributed by atoms with Crippen molar-refractivity contribution in [3.8, 4) is 0 Å². The third-order valence-electron chi connectivity index (χ3n) is 2.58. The van der Waals surface area contributed by atoms with Crippen molar-refractivity contribution < 1.29 is 9.21 Å². The van der Waals surface area contributed by atoms with E-state index < -0.39 is 5.91 Å². The quantitative estimate of drug-likeness (QED) is 0.504. The molecule has 0 saturated heterocycles. The molecule has 0 unspecified atom stereocenters. The monoisotopic (exact) mass is 299 g/mol. The number of hydrazine groups is 1. The second kappa shape index (κ2) is 6.21. The summed E-state index contributed by atoms with van der Waals surface area (Å²) in [6.45, 7) is 1.35. The first-order valence-corrected chi connectivity index (χ1v) is 6.79. The Morgan fingerprint density at radius 1 is 1.47 bits per heavy atom. The summed E-state index contributed by atoms with van der Waals surface area (Å²) >= 11 is 7.44. The lowest BCUT2D eigenvalue weighted by Gasteiger charge is -2.15. The second-order valence-electron chi connectivity index (χ2n) is 4.13. The van der Waals surface area contributed by atoms with E-state index in [0.717, 1.165) is 16.4 Å². The van der Waals surface area contributed by atoms with Crippen molar-refractivity contribution in [2.45, 2.75) is 13.1 Å². The molecule has 5 nitrogen and oxygen atoms in total. The number of carbonyl (C=O) groups excluding carboxylic acids is 1. The van der Waals surface area contributed by atoms with E-state index in [-0.39, 0.29) is 5.76 Å². The molecule has 0 saturated carbocycles. The molecule has 0 radical (unpaired) electrons. The van der Waals surface area contributed by atoms with Crippen LogP contribution in [-0.2, 0) is 13.1 Å². The summed E-state index contributed by atoms with van der Waals surface area (Å²) < 4.78 is 5.91. The van der Waals surface area contributed by atoms with Gasteiger partial charge in [0.2, 0.25) is 0 Å². The van der Waals surface area contributed by atoms with Gasteiger partial charge in [-0.2, -0.15) is 0 Å². The number of furan rings is 1. The highest BCUT2D eigenvalue weighted by Crippen LogP contribution is 2.23. The summed E-state index contributed by atoms with van der Waals surface area (Å²) in [5, 5.41) is 0. The lowest BCUT2D eigenvalue weighted by atomic mass is 10.2. The minimum Gasteiger partial charge on any atom is -0.459 e. The van der Waals surface area contributed by atoms with Crippen LogP contribution in [0.2, 0.25) is 4.34 Å². The van der Waals surface area contributed by atoms with Gasteiger partial charge in [-0.05, 0) is 25.2 Å². The zero-order valence-corrected chi connectivity index (χ0v) is 11.9. The number of nitrogens with one attached hydrogen (secondary N) is 1. The van der Waals surface area contributed by atoms with Gasteiger partial charge in [0.25, 0.3) is 0 Å². The number of rotatable bonds is 5. The molecule has 2 heterocycles. The lowest BCUT2D eigenvalue weighted by molar-refractivity contribution is 0.0923. The van der Waals surface area contributed by atoms with Gasteiger partial charge >= 0.3 is 5.91 Å². The van der Waals surface area contributed by atoms with Crippen LogP contribution in [0.1, 0.15) is 21.0 Å². The van der Waals surface area contributed by atoms with Gasteiger partial charge in [-0.3, -0.25) is 15.1 Å². The summed E-state index contributed by atoms with van der Waals surface area (Å²) in [6, 6.07) is 5.63. The summed E-state index contributed by atoms with van der Waals surface area (Å²) in [5.74, 6) is 4.93. The minimum absolute atomic E-state index is 0.249.